The van der Waals surface area contributed by atoms with Crippen molar-refractivity contribution in [1.82, 2.24) is 5.32 Å². The number of esters is 1. The van der Waals surface area contributed by atoms with Crippen LogP contribution in [-0.2, 0) is 9.53 Å². The second kappa shape index (κ2) is 6.53. The maximum Gasteiger partial charge on any atom is 0.328 e. The van der Waals surface area contributed by atoms with E-state index in [9.17, 15) is 14.4 Å². The molecule has 6 nitrogen and oxygen atoms in total. The van der Waals surface area contributed by atoms with Crippen molar-refractivity contribution in [3.63, 3.8) is 0 Å². The van der Waals surface area contributed by atoms with Crippen molar-refractivity contribution in [3.8, 4) is 0 Å². The van der Waals surface area contributed by atoms with E-state index in [0.29, 0.717) is 11.3 Å². The van der Waals surface area contributed by atoms with Crippen molar-refractivity contribution in [2.45, 2.75) is 19.9 Å². The number of hydrogen-bond donors (Lipinski definition) is 2. The maximum absolute atomic E-state index is 11.6. The molecular formula is C13H16N2O4. The summed E-state index contributed by atoms with van der Waals surface area (Å²) in [5.41, 5.74) is 0.973. The van der Waals surface area contributed by atoms with Gasteiger partial charge in [0.1, 0.15) is 6.04 Å². The molecule has 0 aromatic heterocycles. The second-order valence-corrected chi connectivity index (χ2v) is 3.98. The molecule has 0 unspecified atom stereocenters. The summed E-state index contributed by atoms with van der Waals surface area (Å²) in [6, 6.07) is 5.23. The molecule has 6 heteroatoms. The number of ether oxygens (including phenoxy) is 1. The summed E-state index contributed by atoms with van der Waals surface area (Å²) < 4.78 is 4.49. The topological polar surface area (TPSA) is 84.5 Å². The van der Waals surface area contributed by atoms with Crippen molar-refractivity contribution in [1.29, 1.82) is 0 Å². The Balaban J connectivity index is 2.64. The van der Waals surface area contributed by atoms with Gasteiger partial charge >= 0.3 is 12.0 Å². The third-order valence-corrected chi connectivity index (χ3v) is 2.43. The van der Waals surface area contributed by atoms with Gasteiger partial charge in [0, 0.05) is 11.3 Å². The first-order valence-corrected chi connectivity index (χ1v) is 5.70. The lowest BCUT2D eigenvalue weighted by Gasteiger charge is -2.12. The van der Waals surface area contributed by atoms with Crippen LogP contribution in [0, 0.1) is 0 Å². The van der Waals surface area contributed by atoms with Crippen LogP contribution in [0.15, 0.2) is 24.3 Å². The van der Waals surface area contributed by atoms with Crippen molar-refractivity contribution in [2.75, 3.05) is 12.4 Å². The molecule has 1 atom stereocenters. The first-order chi connectivity index (χ1) is 8.93. The van der Waals surface area contributed by atoms with Crippen LogP contribution in [0.4, 0.5) is 10.5 Å². The molecule has 0 aliphatic rings. The minimum absolute atomic E-state index is 0.0908. The van der Waals surface area contributed by atoms with E-state index in [-0.39, 0.29) is 5.78 Å². The number of methoxy groups -OCH3 is 1. The fourth-order valence-corrected chi connectivity index (χ4v) is 1.42. The van der Waals surface area contributed by atoms with Gasteiger partial charge < -0.3 is 15.4 Å². The van der Waals surface area contributed by atoms with Gasteiger partial charge in [-0.2, -0.15) is 0 Å². The van der Waals surface area contributed by atoms with Gasteiger partial charge in [-0.3, -0.25) is 4.79 Å². The van der Waals surface area contributed by atoms with Crippen LogP contribution in [0.1, 0.15) is 24.2 Å². The Hall–Kier alpha value is -2.37. The number of nitrogens with one attached hydrogen (secondary N) is 2. The van der Waals surface area contributed by atoms with Crippen molar-refractivity contribution in [2.24, 2.45) is 0 Å². The highest BCUT2D eigenvalue weighted by Crippen LogP contribution is 2.11. The minimum atomic E-state index is -0.749. The summed E-state index contributed by atoms with van der Waals surface area (Å²) in [6.45, 7) is 2.95. The smallest absolute Gasteiger partial charge is 0.328 e. The fraction of sp³-hybridized carbons (Fsp3) is 0.308. The summed E-state index contributed by atoms with van der Waals surface area (Å²) in [6.07, 6.45) is 0. The Morgan fingerprint density at radius 3 is 2.53 bits per heavy atom. The number of anilines is 1. The molecule has 102 valence electrons. The van der Waals surface area contributed by atoms with Crippen molar-refractivity contribution >= 4 is 23.5 Å². The summed E-state index contributed by atoms with van der Waals surface area (Å²) in [7, 11) is 1.24. The molecule has 2 amide bonds. The van der Waals surface area contributed by atoms with Gasteiger partial charge in [-0.25, -0.2) is 9.59 Å². The van der Waals surface area contributed by atoms with Gasteiger partial charge in [-0.1, -0.05) is 12.1 Å². The number of carbonyl (C=O) groups excluding carboxylic acids is 3. The average Bonchev–Trinajstić information content (AvgIpc) is 2.37. The lowest BCUT2D eigenvalue weighted by molar-refractivity contribution is -0.142. The van der Waals surface area contributed by atoms with Crippen LogP contribution < -0.4 is 10.6 Å². The van der Waals surface area contributed by atoms with E-state index in [2.05, 4.69) is 15.4 Å². The maximum atomic E-state index is 11.6. The van der Waals surface area contributed by atoms with Crippen LogP contribution in [-0.4, -0.2) is 30.9 Å². The van der Waals surface area contributed by atoms with Crippen LogP contribution in [0.5, 0.6) is 0 Å². The highest BCUT2D eigenvalue weighted by molar-refractivity contribution is 5.97. The minimum Gasteiger partial charge on any atom is -0.467 e. The highest BCUT2D eigenvalue weighted by atomic mass is 16.5. The summed E-state index contributed by atoms with van der Waals surface area (Å²) in [4.78, 5) is 33.9. The Labute approximate surface area is 111 Å². The molecule has 0 fully saturated rings. The van der Waals surface area contributed by atoms with Gasteiger partial charge in [-0.15, -0.1) is 0 Å². The number of urea groups is 1. The number of Topliss-reactive ketones (excluding diaryl/α,β-unsaturated/α-hetero) is 1. The number of benzene rings is 1. The van der Waals surface area contributed by atoms with Crippen LogP contribution >= 0.6 is 0 Å². The normalized spacial score (nSPS) is 11.3. The van der Waals surface area contributed by atoms with E-state index in [1.807, 2.05) is 0 Å². The van der Waals surface area contributed by atoms with Gasteiger partial charge in [0.15, 0.2) is 5.78 Å². The Morgan fingerprint density at radius 2 is 1.95 bits per heavy atom. The molecule has 1 aromatic carbocycles. The number of carbonyl (C=O) groups is 3. The zero-order chi connectivity index (χ0) is 14.4. The molecule has 0 saturated carbocycles. The second-order valence-electron chi connectivity index (χ2n) is 3.98. The van der Waals surface area contributed by atoms with Crippen LogP contribution in [0.2, 0.25) is 0 Å². The van der Waals surface area contributed by atoms with E-state index in [0.717, 1.165) is 0 Å². The molecule has 0 bridgehead atoms. The molecule has 0 aliphatic heterocycles. The lowest BCUT2D eigenvalue weighted by Crippen LogP contribution is -2.41. The molecular weight excluding hydrogens is 248 g/mol. The van der Waals surface area contributed by atoms with E-state index in [1.54, 1.807) is 24.3 Å². The molecule has 0 spiro atoms. The molecule has 0 radical (unpaired) electrons. The number of rotatable bonds is 4. The molecule has 1 rings (SSSR count). The van der Waals surface area contributed by atoms with Gasteiger partial charge in [0.25, 0.3) is 0 Å². The number of amides is 2. The van der Waals surface area contributed by atoms with Crippen molar-refractivity contribution < 1.29 is 19.1 Å². The Morgan fingerprint density at radius 1 is 1.26 bits per heavy atom. The lowest BCUT2D eigenvalue weighted by atomic mass is 10.1. The molecule has 1 aromatic rings. The third kappa shape index (κ3) is 4.42. The van der Waals surface area contributed by atoms with Crippen LogP contribution in [0.3, 0.4) is 0 Å². The fourth-order valence-electron chi connectivity index (χ4n) is 1.42. The van der Waals surface area contributed by atoms with E-state index >= 15 is 0 Å². The summed E-state index contributed by atoms with van der Waals surface area (Å²) in [5.74, 6) is -0.625. The van der Waals surface area contributed by atoms with Crippen LogP contribution in [0.25, 0.3) is 0 Å². The zero-order valence-electron chi connectivity index (χ0n) is 11.0. The van der Waals surface area contributed by atoms with Gasteiger partial charge in [0.05, 0.1) is 7.11 Å². The Bertz CT molecular complexity index is 499. The van der Waals surface area contributed by atoms with Gasteiger partial charge in [-0.05, 0) is 26.0 Å². The molecule has 2 N–H and O–H groups in total. The zero-order valence-corrected chi connectivity index (χ0v) is 11.0. The standard InChI is InChI=1S/C13H16N2O4/c1-8(12(17)19-3)14-13(18)15-11-6-4-5-10(7-11)9(2)16/h4-8H,1-3H3,(H2,14,15,18)/t8-/m1/s1. The molecule has 0 aliphatic carbocycles. The first kappa shape index (κ1) is 14.7. The molecule has 0 saturated heterocycles. The number of hydrogen-bond acceptors (Lipinski definition) is 4. The third-order valence-electron chi connectivity index (χ3n) is 2.43. The van der Waals surface area contributed by atoms with E-state index in [1.165, 1.54) is 21.0 Å². The van der Waals surface area contributed by atoms with Crippen molar-refractivity contribution in [3.05, 3.63) is 29.8 Å². The van der Waals surface area contributed by atoms with E-state index in [4.69, 9.17) is 0 Å². The van der Waals surface area contributed by atoms with Gasteiger partial charge in [0.2, 0.25) is 0 Å². The summed E-state index contributed by atoms with van der Waals surface area (Å²) >= 11 is 0. The summed E-state index contributed by atoms with van der Waals surface area (Å²) in [5, 5.41) is 4.96. The predicted molar refractivity (Wildman–Crippen MR) is 70.1 cm³/mol. The highest BCUT2D eigenvalue weighted by Gasteiger charge is 2.15. The molecule has 0 heterocycles. The Kier molecular flexibility index (Phi) is 5.05. The first-order valence-electron chi connectivity index (χ1n) is 5.70. The van der Waals surface area contributed by atoms with E-state index < -0.39 is 18.0 Å². The molecule has 19 heavy (non-hydrogen) atoms. The predicted octanol–water partition coefficient (Wildman–Crippen LogP) is 1.57. The quantitative estimate of drug-likeness (QED) is 0.638. The average molecular weight is 264 g/mol. The monoisotopic (exact) mass is 264 g/mol. The number of ketones is 1. The SMILES string of the molecule is COC(=O)[C@@H](C)NC(=O)Nc1cccc(C(C)=O)c1. The largest absolute Gasteiger partial charge is 0.467 e.